The van der Waals surface area contributed by atoms with Gasteiger partial charge >= 0.3 is 0 Å². The van der Waals surface area contributed by atoms with Gasteiger partial charge in [-0.2, -0.15) is 0 Å². The standard InChI is InChI=1S/C26H30N4O/c1-2-21-8-3-18(16-27-21)6-14-26(31)28-22-9-12-24-20(15-22)7-13-25(29-24)30-17-19-4-10-23(30)11-5-19/h3,7-9,12-13,15-16,19,23H,2,4-6,10-11,14,17H2,1H3,(H,28,31). The van der Waals surface area contributed by atoms with E-state index in [1.165, 1.54) is 25.7 Å². The minimum Gasteiger partial charge on any atom is -0.353 e. The van der Waals surface area contributed by atoms with Crippen LogP contribution in [0.4, 0.5) is 11.5 Å². The first-order valence-corrected chi connectivity index (χ1v) is 11.6. The number of amides is 1. The quantitative estimate of drug-likeness (QED) is 0.607. The Morgan fingerprint density at radius 1 is 1.10 bits per heavy atom. The first-order chi connectivity index (χ1) is 15.2. The van der Waals surface area contributed by atoms with Gasteiger partial charge in [-0.15, -0.1) is 0 Å². The van der Waals surface area contributed by atoms with Crippen molar-refractivity contribution in [2.75, 3.05) is 16.8 Å². The summed E-state index contributed by atoms with van der Waals surface area (Å²) in [6.07, 6.45) is 9.29. The topological polar surface area (TPSA) is 58.1 Å². The van der Waals surface area contributed by atoms with E-state index in [1.807, 2.05) is 30.5 Å². The van der Waals surface area contributed by atoms with E-state index in [2.05, 4.69) is 40.3 Å². The van der Waals surface area contributed by atoms with Crippen LogP contribution >= 0.6 is 0 Å². The van der Waals surface area contributed by atoms with Crippen LogP contribution in [0.1, 0.15) is 50.3 Å². The molecule has 2 bridgehead atoms. The summed E-state index contributed by atoms with van der Waals surface area (Å²) in [5, 5.41) is 4.09. The van der Waals surface area contributed by atoms with Crippen LogP contribution in [0.15, 0.2) is 48.7 Å². The van der Waals surface area contributed by atoms with Gasteiger partial charge in [-0.1, -0.05) is 13.0 Å². The number of piperidine rings is 2. The fraction of sp³-hybridized carbons (Fsp3) is 0.423. The molecule has 5 nitrogen and oxygen atoms in total. The highest BCUT2D eigenvalue weighted by molar-refractivity contribution is 5.94. The minimum atomic E-state index is 0.0211. The summed E-state index contributed by atoms with van der Waals surface area (Å²) in [6.45, 7) is 3.24. The molecule has 3 aliphatic rings. The van der Waals surface area contributed by atoms with Gasteiger partial charge in [-0.25, -0.2) is 4.98 Å². The number of aryl methyl sites for hydroxylation is 2. The Morgan fingerprint density at radius 3 is 2.68 bits per heavy atom. The molecule has 3 aromatic rings. The average Bonchev–Trinajstić information content (AvgIpc) is 2.83. The number of hydrogen-bond acceptors (Lipinski definition) is 4. The van der Waals surface area contributed by atoms with Gasteiger partial charge in [0.25, 0.3) is 0 Å². The van der Waals surface area contributed by atoms with Gasteiger partial charge in [0.05, 0.1) is 5.52 Å². The Balaban J connectivity index is 1.22. The van der Waals surface area contributed by atoms with Crippen molar-refractivity contribution in [1.82, 2.24) is 9.97 Å². The highest BCUT2D eigenvalue weighted by atomic mass is 16.1. The van der Waals surface area contributed by atoms with Gasteiger partial charge in [0.15, 0.2) is 0 Å². The van der Waals surface area contributed by atoms with Crippen molar-refractivity contribution in [2.45, 2.75) is 57.9 Å². The molecule has 4 heterocycles. The van der Waals surface area contributed by atoms with Gasteiger partial charge < -0.3 is 10.2 Å². The number of nitrogens with one attached hydrogen (secondary N) is 1. The summed E-state index contributed by atoms with van der Waals surface area (Å²) in [7, 11) is 0. The fourth-order valence-corrected chi connectivity index (χ4v) is 4.99. The van der Waals surface area contributed by atoms with Gasteiger partial charge in [-0.05, 0) is 86.4 Å². The maximum Gasteiger partial charge on any atom is 0.224 e. The predicted octanol–water partition coefficient (Wildman–Crippen LogP) is 5.14. The number of nitrogens with zero attached hydrogens (tertiary/aromatic N) is 3. The van der Waals surface area contributed by atoms with Crippen molar-refractivity contribution in [3.63, 3.8) is 0 Å². The van der Waals surface area contributed by atoms with Crippen LogP contribution in [-0.2, 0) is 17.6 Å². The van der Waals surface area contributed by atoms with Crippen LogP contribution in [0.5, 0.6) is 0 Å². The summed E-state index contributed by atoms with van der Waals surface area (Å²) in [6, 6.07) is 15.0. The van der Waals surface area contributed by atoms with Crippen LogP contribution in [-0.4, -0.2) is 28.5 Å². The SMILES string of the molecule is CCc1ccc(CCC(=O)Nc2ccc3nc(N4CC5CCC4CC5)ccc3c2)cn1. The van der Waals surface area contributed by atoms with Gasteiger partial charge in [-0.3, -0.25) is 9.78 Å². The van der Waals surface area contributed by atoms with E-state index >= 15 is 0 Å². The number of carbonyl (C=O) groups is 1. The first kappa shape index (κ1) is 20.0. The molecule has 0 spiro atoms. The molecule has 0 radical (unpaired) electrons. The van der Waals surface area contributed by atoms with Crippen molar-refractivity contribution >= 4 is 28.3 Å². The summed E-state index contributed by atoms with van der Waals surface area (Å²) in [4.78, 5) is 24.3. The number of hydrogen-bond donors (Lipinski definition) is 1. The van der Waals surface area contributed by atoms with Crippen molar-refractivity contribution < 1.29 is 4.79 Å². The maximum absolute atomic E-state index is 12.4. The molecule has 0 unspecified atom stereocenters. The molecule has 5 heteroatoms. The lowest BCUT2D eigenvalue weighted by Crippen LogP contribution is -2.48. The lowest BCUT2D eigenvalue weighted by Gasteiger charge is -2.46. The van der Waals surface area contributed by atoms with Gasteiger partial charge in [0, 0.05) is 42.0 Å². The van der Waals surface area contributed by atoms with Crippen LogP contribution in [0.2, 0.25) is 0 Å². The van der Waals surface area contributed by atoms with Crippen LogP contribution in [0.25, 0.3) is 10.9 Å². The molecule has 31 heavy (non-hydrogen) atoms. The molecule has 3 fully saturated rings. The molecule has 160 valence electrons. The summed E-state index contributed by atoms with van der Waals surface area (Å²) < 4.78 is 0. The highest BCUT2D eigenvalue weighted by Gasteiger charge is 2.34. The molecule has 1 amide bonds. The largest absolute Gasteiger partial charge is 0.353 e. The highest BCUT2D eigenvalue weighted by Crippen LogP contribution is 2.37. The Morgan fingerprint density at radius 2 is 1.97 bits per heavy atom. The zero-order chi connectivity index (χ0) is 21.2. The van der Waals surface area contributed by atoms with Crippen molar-refractivity contribution in [1.29, 1.82) is 0 Å². The molecule has 1 aromatic carbocycles. The van der Waals surface area contributed by atoms with Crippen molar-refractivity contribution in [3.05, 3.63) is 59.9 Å². The normalized spacial score (nSPS) is 20.2. The van der Waals surface area contributed by atoms with E-state index in [0.29, 0.717) is 18.9 Å². The summed E-state index contributed by atoms with van der Waals surface area (Å²) >= 11 is 0. The predicted molar refractivity (Wildman–Crippen MR) is 125 cm³/mol. The van der Waals surface area contributed by atoms with Crippen LogP contribution in [0, 0.1) is 5.92 Å². The maximum atomic E-state index is 12.4. The third kappa shape index (κ3) is 4.41. The van der Waals surface area contributed by atoms with E-state index in [0.717, 1.165) is 52.5 Å². The third-order valence-corrected chi connectivity index (χ3v) is 6.85. The molecule has 1 N–H and O–H groups in total. The van der Waals surface area contributed by atoms with Gasteiger partial charge in [0.2, 0.25) is 5.91 Å². The molecule has 1 aliphatic carbocycles. The lowest BCUT2D eigenvalue weighted by molar-refractivity contribution is -0.116. The number of pyridine rings is 2. The lowest BCUT2D eigenvalue weighted by atomic mass is 9.80. The Kier molecular flexibility index (Phi) is 5.58. The zero-order valence-electron chi connectivity index (χ0n) is 18.2. The number of rotatable bonds is 6. The number of carbonyl (C=O) groups excluding carboxylic acids is 1. The van der Waals surface area contributed by atoms with Crippen LogP contribution < -0.4 is 10.2 Å². The number of fused-ring (bicyclic) bond motifs is 4. The zero-order valence-corrected chi connectivity index (χ0v) is 18.2. The molecule has 6 rings (SSSR count). The van der Waals surface area contributed by atoms with E-state index in [1.54, 1.807) is 0 Å². The molecule has 0 atom stereocenters. The Hall–Kier alpha value is -2.95. The van der Waals surface area contributed by atoms with E-state index in [-0.39, 0.29) is 5.91 Å². The summed E-state index contributed by atoms with van der Waals surface area (Å²) in [5.41, 5.74) is 3.98. The Labute approximate surface area is 183 Å². The summed E-state index contributed by atoms with van der Waals surface area (Å²) in [5.74, 6) is 1.95. The smallest absolute Gasteiger partial charge is 0.224 e. The molecular formula is C26H30N4O. The fourth-order valence-electron chi connectivity index (χ4n) is 4.99. The van der Waals surface area contributed by atoms with E-state index < -0.39 is 0 Å². The molecule has 2 aliphatic heterocycles. The monoisotopic (exact) mass is 414 g/mol. The average molecular weight is 415 g/mol. The van der Waals surface area contributed by atoms with Crippen molar-refractivity contribution in [2.24, 2.45) is 5.92 Å². The molecule has 2 saturated heterocycles. The second-order valence-corrected chi connectivity index (χ2v) is 8.96. The van der Waals surface area contributed by atoms with Crippen molar-refractivity contribution in [3.8, 4) is 0 Å². The number of anilines is 2. The van der Waals surface area contributed by atoms with Gasteiger partial charge in [0.1, 0.15) is 5.82 Å². The van der Waals surface area contributed by atoms with Crippen LogP contribution in [0.3, 0.4) is 0 Å². The molecule has 1 saturated carbocycles. The first-order valence-electron chi connectivity index (χ1n) is 11.6. The number of benzene rings is 1. The minimum absolute atomic E-state index is 0.0211. The number of aromatic nitrogens is 2. The molecule has 2 aromatic heterocycles. The van der Waals surface area contributed by atoms with E-state index in [4.69, 9.17) is 4.98 Å². The second-order valence-electron chi connectivity index (χ2n) is 8.96. The van der Waals surface area contributed by atoms with E-state index in [9.17, 15) is 4.79 Å². The Bertz CT molecular complexity index is 1070. The second kappa shape index (κ2) is 8.66. The molecular weight excluding hydrogens is 384 g/mol. The third-order valence-electron chi connectivity index (χ3n) is 6.85.